The van der Waals surface area contributed by atoms with Crippen molar-refractivity contribution in [2.75, 3.05) is 13.2 Å². The Morgan fingerprint density at radius 1 is 1.22 bits per heavy atom. The van der Waals surface area contributed by atoms with E-state index in [0.29, 0.717) is 25.3 Å². The molecule has 0 aliphatic carbocycles. The number of nitrogens with two attached hydrogens (primary N) is 1. The van der Waals surface area contributed by atoms with Gasteiger partial charge in [-0.2, -0.15) is 0 Å². The Morgan fingerprint density at radius 2 is 2.07 bits per heavy atom. The van der Waals surface area contributed by atoms with Crippen molar-refractivity contribution in [1.29, 1.82) is 0 Å². The maximum absolute atomic E-state index is 12.7. The first kappa shape index (κ1) is 17.7. The Bertz CT molecular complexity index is 940. The van der Waals surface area contributed by atoms with E-state index in [-0.39, 0.29) is 11.9 Å². The number of nitrogens with zero attached hydrogens (tertiary/aromatic N) is 1. The fourth-order valence-electron chi connectivity index (χ4n) is 3.31. The van der Waals surface area contributed by atoms with Gasteiger partial charge in [-0.05, 0) is 12.1 Å². The fraction of sp³-hybridized carbons (Fsp3) is 0.238. The van der Waals surface area contributed by atoms with E-state index in [1.165, 1.54) is 11.3 Å². The van der Waals surface area contributed by atoms with Crippen molar-refractivity contribution in [2.24, 2.45) is 5.73 Å². The molecule has 0 saturated carbocycles. The standard InChI is InChI=1S/C21H21N3O2S/c22-11-9-19-23-18(13-27-19)21(25)24-17-10-12-26-20-15(7-4-8-16(17)20)14-5-2-1-3-6-14/h1-8,13,17H,9-12,22H2,(H,24,25). The highest BCUT2D eigenvalue weighted by Crippen LogP contribution is 2.40. The molecule has 1 aliphatic heterocycles. The van der Waals surface area contributed by atoms with Crippen LogP contribution in [-0.2, 0) is 6.42 Å². The van der Waals surface area contributed by atoms with E-state index in [2.05, 4.69) is 28.5 Å². The number of hydrogen-bond acceptors (Lipinski definition) is 5. The number of benzene rings is 2. The van der Waals surface area contributed by atoms with E-state index >= 15 is 0 Å². The van der Waals surface area contributed by atoms with Crippen molar-refractivity contribution in [2.45, 2.75) is 18.9 Å². The zero-order chi connectivity index (χ0) is 18.6. The second-order valence-corrected chi connectivity index (χ2v) is 7.36. The molecule has 2 aromatic carbocycles. The van der Waals surface area contributed by atoms with Gasteiger partial charge in [0.1, 0.15) is 11.4 Å². The Balaban J connectivity index is 1.59. The summed E-state index contributed by atoms with van der Waals surface area (Å²) in [5.41, 5.74) is 9.18. The number of hydrogen-bond donors (Lipinski definition) is 2. The molecule has 1 amide bonds. The monoisotopic (exact) mass is 379 g/mol. The number of fused-ring (bicyclic) bond motifs is 1. The maximum Gasteiger partial charge on any atom is 0.271 e. The quantitative estimate of drug-likeness (QED) is 0.710. The number of nitrogens with one attached hydrogen (secondary N) is 1. The van der Waals surface area contributed by atoms with Gasteiger partial charge in [-0.1, -0.05) is 48.5 Å². The van der Waals surface area contributed by atoms with E-state index in [0.717, 1.165) is 33.9 Å². The molecule has 0 bridgehead atoms. The lowest BCUT2D eigenvalue weighted by Crippen LogP contribution is -2.32. The van der Waals surface area contributed by atoms with Crippen LogP contribution < -0.4 is 15.8 Å². The molecule has 1 aliphatic rings. The summed E-state index contributed by atoms with van der Waals surface area (Å²) in [6.07, 6.45) is 1.43. The summed E-state index contributed by atoms with van der Waals surface area (Å²) in [6.45, 7) is 1.10. The number of carbonyl (C=O) groups is 1. The van der Waals surface area contributed by atoms with Crippen LogP contribution in [0.3, 0.4) is 0 Å². The summed E-state index contributed by atoms with van der Waals surface area (Å²) in [6, 6.07) is 16.1. The lowest BCUT2D eigenvalue weighted by atomic mass is 9.94. The van der Waals surface area contributed by atoms with Gasteiger partial charge >= 0.3 is 0 Å². The van der Waals surface area contributed by atoms with Crippen LogP contribution >= 0.6 is 11.3 Å². The number of amides is 1. The largest absolute Gasteiger partial charge is 0.492 e. The van der Waals surface area contributed by atoms with Gasteiger partial charge in [0.05, 0.1) is 17.7 Å². The van der Waals surface area contributed by atoms with E-state index in [4.69, 9.17) is 10.5 Å². The van der Waals surface area contributed by atoms with E-state index < -0.39 is 0 Å². The third-order valence-electron chi connectivity index (χ3n) is 4.61. The first-order valence-corrected chi connectivity index (χ1v) is 9.90. The smallest absolute Gasteiger partial charge is 0.271 e. The Morgan fingerprint density at radius 3 is 2.89 bits per heavy atom. The lowest BCUT2D eigenvalue weighted by molar-refractivity contribution is 0.0920. The number of rotatable bonds is 5. The van der Waals surface area contributed by atoms with Crippen LogP contribution in [-0.4, -0.2) is 24.0 Å². The molecule has 1 aromatic heterocycles. The van der Waals surface area contributed by atoms with Crippen LogP contribution in [0.5, 0.6) is 5.75 Å². The van der Waals surface area contributed by atoms with E-state index in [1.54, 1.807) is 5.38 Å². The van der Waals surface area contributed by atoms with Crippen LogP contribution in [0.2, 0.25) is 0 Å². The highest BCUT2D eigenvalue weighted by atomic mass is 32.1. The van der Waals surface area contributed by atoms with Crippen LogP contribution in [0.1, 0.15) is 33.5 Å². The van der Waals surface area contributed by atoms with Gasteiger partial charge in [-0.3, -0.25) is 4.79 Å². The summed E-state index contributed by atoms with van der Waals surface area (Å²) in [5.74, 6) is 0.694. The van der Waals surface area contributed by atoms with E-state index in [9.17, 15) is 4.79 Å². The molecule has 6 heteroatoms. The molecule has 1 unspecified atom stereocenters. The molecular formula is C21H21N3O2S. The van der Waals surface area contributed by atoms with Gasteiger partial charge in [0.2, 0.25) is 0 Å². The molecule has 0 spiro atoms. The molecule has 0 fully saturated rings. The molecule has 0 saturated heterocycles. The molecule has 5 nitrogen and oxygen atoms in total. The average molecular weight is 379 g/mol. The average Bonchev–Trinajstić information content (AvgIpc) is 3.18. The minimum Gasteiger partial charge on any atom is -0.492 e. The van der Waals surface area contributed by atoms with Gasteiger partial charge in [0, 0.05) is 29.3 Å². The number of thiazole rings is 1. The maximum atomic E-state index is 12.7. The molecule has 1 atom stereocenters. The molecule has 138 valence electrons. The molecule has 4 rings (SSSR count). The molecule has 3 aromatic rings. The summed E-state index contributed by atoms with van der Waals surface area (Å²) in [4.78, 5) is 17.0. The van der Waals surface area contributed by atoms with Crippen molar-refractivity contribution >= 4 is 17.2 Å². The zero-order valence-corrected chi connectivity index (χ0v) is 15.7. The first-order chi connectivity index (χ1) is 13.3. The predicted molar refractivity (Wildman–Crippen MR) is 107 cm³/mol. The lowest BCUT2D eigenvalue weighted by Gasteiger charge is -2.28. The Kier molecular flexibility index (Phi) is 5.18. The molecule has 27 heavy (non-hydrogen) atoms. The third-order valence-corrected chi connectivity index (χ3v) is 5.52. The highest BCUT2D eigenvalue weighted by Gasteiger charge is 2.26. The predicted octanol–water partition coefficient (Wildman–Crippen LogP) is 3.56. The minimum absolute atomic E-state index is 0.0930. The Hall–Kier alpha value is -2.70. The van der Waals surface area contributed by atoms with Crippen molar-refractivity contribution in [3.63, 3.8) is 0 Å². The number of aromatic nitrogens is 1. The van der Waals surface area contributed by atoms with E-state index in [1.807, 2.05) is 30.3 Å². The van der Waals surface area contributed by atoms with Crippen molar-refractivity contribution < 1.29 is 9.53 Å². The van der Waals surface area contributed by atoms with Gasteiger partial charge in [0.25, 0.3) is 5.91 Å². The summed E-state index contributed by atoms with van der Waals surface area (Å²) < 4.78 is 5.98. The molecule has 2 heterocycles. The Labute approximate surface area is 162 Å². The SMILES string of the molecule is NCCc1nc(C(=O)NC2CCOc3c(-c4ccccc4)cccc32)cs1. The van der Waals surface area contributed by atoms with Crippen LogP contribution in [0.25, 0.3) is 11.1 Å². The van der Waals surface area contributed by atoms with Crippen molar-refractivity contribution in [3.8, 4) is 16.9 Å². The minimum atomic E-state index is -0.155. The first-order valence-electron chi connectivity index (χ1n) is 9.02. The zero-order valence-electron chi connectivity index (χ0n) is 14.9. The van der Waals surface area contributed by atoms with Gasteiger partial charge in [-0.25, -0.2) is 4.98 Å². The number of para-hydroxylation sites is 1. The second-order valence-electron chi connectivity index (χ2n) is 6.42. The van der Waals surface area contributed by atoms with Crippen LogP contribution in [0, 0.1) is 0 Å². The molecular weight excluding hydrogens is 358 g/mol. The van der Waals surface area contributed by atoms with Crippen LogP contribution in [0.4, 0.5) is 0 Å². The second kappa shape index (κ2) is 7.90. The normalized spacial score (nSPS) is 15.7. The third kappa shape index (κ3) is 3.72. The topological polar surface area (TPSA) is 77.2 Å². The summed E-state index contributed by atoms with van der Waals surface area (Å²) >= 11 is 1.47. The molecule has 0 radical (unpaired) electrons. The van der Waals surface area contributed by atoms with Crippen LogP contribution in [0.15, 0.2) is 53.9 Å². The van der Waals surface area contributed by atoms with Gasteiger partial charge in [0.15, 0.2) is 0 Å². The number of ether oxygens (including phenoxy) is 1. The summed E-state index contributed by atoms with van der Waals surface area (Å²) in [5, 5.41) is 5.80. The summed E-state index contributed by atoms with van der Waals surface area (Å²) in [7, 11) is 0. The van der Waals surface area contributed by atoms with Gasteiger partial charge < -0.3 is 15.8 Å². The van der Waals surface area contributed by atoms with Gasteiger partial charge in [-0.15, -0.1) is 11.3 Å². The van der Waals surface area contributed by atoms with Crippen molar-refractivity contribution in [1.82, 2.24) is 10.3 Å². The highest BCUT2D eigenvalue weighted by molar-refractivity contribution is 7.09. The molecule has 3 N–H and O–H groups in total. The van der Waals surface area contributed by atoms with Crippen molar-refractivity contribution in [3.05, 3.63) is 70.2 Å². The fourth-order valence-corrected chi connectivity index (χ4v) is 4.10. The number of carbonyl (C=O) groups excluding carboxylic acids is 1.